The van der Waals surface area contributed by atoms with Gasteiger partial charge in [-0.3, -0.25) is 0 Å². The monoisotopic (exact) mass is 408 g/mol. The third-order valence-electron chi connectivity index (χ3n) is 4.31. The van der Waals surface area contributed by atoms with Crippen LogP contribution < -0.4 is 0 Å². The van der Waals surface area contributed by atoms with E-state index in [-0.39, 0.29) is 23.8 Å². The average molecular weight is 409 g/mol. The molecule has 0 saturated carbocycles. The van der Waals surface area contributed by atoms with E-state index in [0.29, 0.717) is 16.6 Å². The third kappa shape index (κ3) is 3.62. The SMILES string of the molecule is Fc1ccc2c(c1)[C@@H](OCc1c(Cl)cccc1Cl)[C@@H](Cn1ccnc1)S2. The van der Waals surface area contributed by atoms with E-state index in [2.05, 4.69) is 4.98 Å². The molecule has 0 radical (unpaired) electrons. The minimum atomic E-state index is -0.267. The lowest BCUT2D eigenvalue weighted by molar-refractivity contribution is 0.0366. The van der Waals surface area contributed by atoms with Gasteiger partial charge in [-0.15, -0.1) is 11.8 Å². The molecule has 0 saturated heterocycles. The van der Waals surface area contributed by atoms with E-state index < -0.39 is 0 Å². The van der Waals surface area contributed by atoms with E-state index in [1.54, 1.807) is 48.6 Å². The van der Waals surface area contributed by atoms with Crippen molar-refractivity contribution in [1.29, 1.82) is 0 Å². The highest BCUT2D eigenvalue weighted by Gasteiger charge is 2.35. The standard InChI is InChI=1S/C19H15Cl2FN2OS/c20-15-2-1-3-16(21)14(15)10-25-19-13-8-12(22)4-5-17(13)26-18(19)9-24-7-6-23-11-24/h1-8,11,18-19H,9-10H2/t18-,19-/m1/s1. The Morgan fingerprint density at radius 1 is 1.19 bits per heavy atom. The summed E-state index contributed by atoms with van der Waals surface area (Å²) in [7, 11) is 0. The van der Waals surface area contributed by atoms with Gasteiger partial charge in [0, 0.05) is 39.4 Å². The molecule has 7 heteroatoms. The number of aromatic nitrogens is 2. The van der Waals surface area contributed by atoms with Gasteiger partial charge in [0.1, 0.15) is 5.82 Å². The first-order chi connectivity index (χ1) is 12.6. The molecule has 0 unspecified atom stereocenters. The largest absolute Gasteiger partial charge is 0.367 e. The average Bonchev–Trinajstić information content (AvgIpc) is 3.23. The smallest absolute Gasteiger partial charge is 0.123 e. The van der Waals surface area contributed by atoms with Crippen LogP contribution in [0.15, 0.2) is 60.0 Å². The second-order valence-corrected chi connectivity index (χ2v) is 8.13. The molecule has 26 heavy (non-hydrogen) atoms. The van der Waals surface area contributed by atoms with Crippen molar-refractivity contribution in [2.45, 2.75) is 29.4 Å². The quantitative estimate of drug-likeness (QED) is 0.536. The van der Waals surface area contributed by atoms with Crippen LogP contribution >= 0.6 is 35.0 Å². The fourth-order valence-electron chi connectivity index (χ4n) is 3.05. The van der Waals surface area contributed by atoms with Gasteiger partial charge in [-0.2, -0.15) is 0 Å². The molecule has 3 aromatic rings. The fraction of sp³-hybridized carbons (Fsp3) is 0.211. The molecule has 134 valence electrons. The number of imidazole rings is 1. The van der Waals surface area contributed by atoms with Gasteiger partial charge >= 0.3 is 0 Å². The Labute approximate surface area is 165 Å². The molecule has 2 aromatic carbocycles. The lowest BCUT2D eigenvalue weighted by Crippen LogP contribution is -2.19. The molecule has 0 spiro atoms. The Hall–Kier alpha value is -1.53. The maximum absolute atomic E-state index is 13.8. The van der Waals surface area contributed by atoms with Crippen LogP contribution in [0.1, 0.15) is 17.2 Å². The molecular weight excluding hydrogens is 394 g/mol. The molecule has 0 aliphatic carbocycles. The number of thioether (sulfide) groups is 1. The predicted molar refractivity (Wildman–Crippen MR) is 102 cm³/mol. The number of fused-ring (bicyclic) bond motifs is 1. The highest BCUT2D eigenvalue weighted by molar-refractivity contribution is 8.00. The van der Waals surface area contributed by atoms with Gasteiger partial charge in [0.2, 0.25) is 0 Å². The van der Waals surface area contributed by atoms with Crippen LogP contribution in [0.2, 0.25) is 10.0 Å². The van der Waals surface area contributed by atoms with Crippen molar-refractivity contribution in [2.75, 3.05) is 0 Å². The zero-order chi connectivity index (χ0) is 18.1. The minimum absolute atomic E-state index is 0.0993. The molecule has 0 bridgehead atoms. The molecule has 3 nitrogen and oxygen atoms in total. The van der Waals surface area contributed by atoms with Crippen molar-refractivity contribution in [3.8, 4) is 0 Å². The highest BCUT2D eigenvalue weighted by Crippen LogP contribution is 2.47. The van der Waals surface area contributed by atoms with Crippen molar-refractivity contribution >= 4 is 35.0 Å². The van der Waals surface area contributed by atoms with Crippen molar-refractivity contribution < 1.29 is 9.13 Å². The highest BCUT2D eigenvalue weighted by atomic mass is 35.5. The minimum Gasteiger partial charge on any atom is -0.367 e. The molecule has 1 aromatic heterocycles. The van der Waals surface area contributed by atoms with E-state index in [4.69, 9.17) is 27.9 Å². The summed E-state index contributed by atoms with van der Waals surface area (Å²) in [6.45, 7) is 0.974. The molecular formula is C19H15Cl2FN2OS. The first-order valence-electron chi connectivity index (χ1n) is 8.08. The molecule has 1 aliphatic rings. The Balaban J connectivity index is 1.60. The number of hydrogen-bond acceptors (Lipinski definition) is 3. The number of halogens is 3. The summed E-state index contributed by atoms with van der Waals surface area (Å²) in [5.41, 5.74) is 1.61. The molecule has 0 N–H and O–H groups in total. The van der Waals surface area contributed by atoms with E-state index in [1.807, 2.05) is 16.8 Å². The maximum Gasteiger partial charge on any atom is 0.123 e. The number of ether oxygens (including phenoxy) is 1. The van der Waals surface area contributed by atoms with Crippen LogP contribution in [0.3, 0.4) is 0 Å². The summed E-state index contributed by atoms with van der Waals surface area (Å²) in [4.78, 5) is 5.12. The van der Waals surface area contributed by atoms with Gasteiger partial charge in [-0.05, 0) is 35.9 Å². The Morgan fingerprint density at radius 2 is 2.00 bits per heavy atom. The summed E-state index contributed by atoms with van der Waals surface area (Å²) in [6, 6.07) is 10.2. The van der Waals surface area contributed by atoms with Crippen LogP contribution in [-0.4, -0.2) is 14.8 Å². The van der Waals surface area contributed by atoms with Crippen LogP contribution in [-0.2, 0) is 17.9 Å². The third-order valence-corrected chi connectivity index (χ3v) is 6.35. The molecule has 4 rings (SSSR count). The molecule has 0 amide bonds. The summed E-state index contributed by atoms with van der Waals surface area (Å²) >= 11 is 14.2. The Morgan fingerprint density at radius 3 is 2.73 bits per heavy atom. The zero-order valence-corrected chi connectivity index (χ0v) is 15.9. The van der Waals surface area contributed by atoms with Gasteiger partial charge in [-0.25, -0.2) is 9.37 Å². The number of rotatable bonds is 5. The first-order valence-corrected chi connectivity index (χ1v) is 9.71. The van der Waals surface area contributed by atoms with Gasteiger partial charge < -0.3 is 9.30 Å². The van der Waals surface area contributed by atoms with Gasteiger partial charge in [0.05, 0.1) is 24.3 Å². The topological polar surface area (TPSA) is 27.1 Å². The normalized spacial score (nSPS) is 18.9. The van der Waals surface area contributed by atoms with E-state index in [9.17, 15) is 4.39 Å². The lowest BCUT2D eigenvalue weighted by atomic mass is 10.1. The summed E-state index contributed by atoms with van der Waals surface area (Å²) in [5.74, 6) is -0.267. The zero-order valence-electron chi connectivity index (χ0n) is 13.6. The second kappa shape index (κ2) is 7.61. The molecule has 2 atom stereocenters. The number of benzene rings is 2. The van der Waals surface area contributed by atoms with Gasteiger partial charge in [0.15, 0.2) is 0 Å². The molecule has 0 fully saturated rings. The Kier molecular flexibility index (Phi) is 5.23. The van der Waals surface area contributed by atoms with E-state index in [0.717, 1.165) is 16.0 Å². The fourth-order valence-corrected chi connectivity index (χ4v) is 4.94. The van der Waals surface area contributed by atoms with E-state index in [1.165, 1.54) is 6.07 Å². The van der Waals surface area contributed by atoms with Crippen LogP contribution in [0.25, 0.3) is 0 Å². The number of nitrogens with zero attached hydrogens (tertiary/aromatic N) is 2. The van der Waals surface area contributed by atoms with Crippen molar-refractivity contribution in [3.63, 3.8) is 0 Å². The second-order valence-electron chi connectivity index (χ2n) is 6.03. The van der Waals surface area contributed by atoms with E-state index >= 15 is 0 Å². The summed E-state index contributed by atoms with van der Waals surface area (Å²) < 4.78 is 22.0. The van der Waals surface area contributed by atoms with Crippen molar-refractivity contribution in [3.05, 3.63) is 82.1 Å². The molecule has 1 aliphatic heterocycles. The summed E-state index contributed by atoms with van der Waals surface area (Å²) in [6.07, 6.45) is 5.16. The van der Waals surface area contributed by atoms with Gasteiger partial charge in [0.25, 0.3) is 0 Å². The maximum atomic E-state index is 13.8. The van der Waals surface area contributed by atoms with Crippen LogP contribution in [0, 0.1) is 5.82 Å². The lowest BCUT2D eigenvalue weighted by Gasteiger charge is -2.21. The molecule has 2 heterocycles. The predicted octanol–water partition coefficient (Wildman–Crippen LogP) is 5.76. The van der Waals surface area contributed by atoms with Crippen LogP contribution in [0.4, 0.5) is 4.39 Å². The summed E-state index contributed by atoms with van der Waals surface area (Å²) in [5, 5.41) is 1.23. The van der Waals surface area contributed by atoms with Crippen molar-refractivity contribution in [1.82, 2.24) is 9.55 Å². The van der Waals surface area contributed by atoms with Gasteiger partial charge in [-0.1, -0.05) is 29.3 Å². The van der Waals surface area contributed by atoms with Crippen molar-refractivity contribution in [2.24, 2.45) is 0 Å². The van der Waals surface area contributed by atoms with Crippen LogP contribution in [0.5, 0.6) is 0 Å². The number of hydrogen-bond donors (Lipinski definition) is 0. The Bertz CT molecular complexity index is 900. The first kappa shape index (κ1) is 17.9.